The number of rotatable bonds is 2. The molecule has 3 heteroatoms. The standard InChI is InChI=1S/C9H12N2O/c1-4-10-8-5-6-9(12-3)11-7(8)2/h4-6H,1-3H3. The van der Waals surface area contributed by atoms with Gasteiger partial charge in [0.25, 0.3) is 0 Å². The van der Waals surface area contributed by atoms with Gasteiger partial charge in [-0.3, -0.25) is 4.99 Å². The Morgan fingerprint density at radius 1 is 1.50 bits per heavy atom. The minimum atomic E-state index is 0.627. The van der Waals surface area contributed by atoms with Gasteiger partial charge in [0, 0.05) is 12.3 Å². The van der Waals surface area contributed by atoms with Crippen molar-refractivity contribution in [2.24, 2.45) is 4.99 Å². The zero-order chi connectivity index (χ0) is 8.97. The van der Waals surface area contributed by atoms with Gasteiger partial charge in [-0.15, -0.1) is 0 Å². The quantitative estimate of drug-likeness (QED) is 0.627. The van der Waals surface area contributed by atoms with Crippen LogP contribution in [-0.4, -0.2) is 18.3 Å². The molecular formula is C9H12N2O. The van der Waals surface area contributed by atoms with Crippen LogP contribution in [0.2, 0.25) is 0 Å². The molecule has 64 valence electrons. The minimum absolute atomic E-state index is 0.627. The van der Waals surface area contributed by atoms with Crippen molar-refractivity contribution in [3.05, 3.63) is 17.8 Å². The van der Waals surface area contributed by atoms with E-state index in [9.17, 15) is 0 Å². The van der Waals surface area contributed by atoms with Crippen LogP contribution in [0.3, 0.4) is 0 Å². The van der Waals surface area contributed by atoms with Gasteiger partial charge in [0.2, 0.25) is 5.88 Å². The Hall–Kier alpha value is -1.38. The van der Waals surface area contributed by atoms with Gasteiger partial charge in [0.1, 0.15) is 0 Å². The lowest BCUT2D eigenvalue weighted by molar-refractivity contribution is 0.397. The highest BCUT2D eigenvalue weighted by Crippen LogP contribution is 2.18. The van der Waals surface area contributed by atoms with Gasteiger partial charge < -0.3 is 4.74 Å². The van der Waals surface area contributed by atoms with Gasteiger partial charge >= 0.3 is 0 Å². The average molecular weight is 164 g/mol. The molecule has 0 saturated heterocycles. The fourth-order valence-corrected chi connectivity index (χ4v) is 0.920. The van der Waals surface area contributed by atoms with E-state index in [2.05, 4.69) is 9.98 Å². The summed E-state index contributed by atoms with van der Waals surface area (Å²) in [4.78, 5) is 8.31. The molecule has 1 aromatic rings. The van der Waals surface area contributed by atoms with Gasteiger partial charge in [-0.2, -0.15) is 0 Å². The summed E-state index contributed by atoms with van der Waals surface area (Å²) in [6.07, 6.45) is 1.75. The molecule has 1 heterocycles. The second kappa shape index (κ2) is 3.85. The SMILES string of the molecule is CC=Nc1ccc(OC)nc1C. The van der Waals surface area contributed by atoms with E-state index in [0.717, 1.165) is 11.4 Å². The van der Waals surface area contributed by atoms with E-state index < -0.39 is 0 Å². The summed E-state index contributed by atoms with van der Waals surface area (Å²) in [6.45, 7) is 3.79. The van der Waals surface area contributed by atoms with Crippen LogP contribution >= 0.6 is 0 Å². The molecule has 12 heavy (non-hydrogen) atoms. The van der Waals surface area contributed by atoms with Gasteiger partial charge in [-0.05, 0) is 19.9 Å². The Labute approximate surface area is 72.1 Å². The van der Waals surface area contributed by atoms with Crippen LogP contribution in [0, 0.1) is 6.92 Å². The maximum absolute atomic E-state index is 4.97. The Morgan fingerprint density at radius 2 is 2.25 bits per heavy atom. The summed E-state index contributed by atoms with van der Waals surface area (Å²) in [6, 6.07) is 3.69. The molecule has 0 atom stereocenters. The summed E-state index contributed by atoms with van der Waals surface area (Å²) in [5, 5.41) is 0. The lowest BCUT2D eigenvalue weighted by Crippen LogP contribution is -1.89. The van der Waals surface area contributed by atoms with Crippen molar-refractivity contribution in [3.63, 3.8) is 0 Å². The molecule has 0 aliphatic heterocycles. The van der Waals surface area contributed by atoms with Crippen LogP contribution in [0.25, 0.3) is 0 Å². The van der Waals surface area contributed by atoms with Crippen molar-refractivity contribution in [2.45, 2.75) is 13.8 Å². The first-order valence-electron chi connectivity index (χ1n) is 3.78. The second-order valence-electron chi connectivity index (χ2n) is 2.35. The van der Waals surface area contributed by atoms with Gasteiger partial charge in [-0.25, -0.2) is 4.98 Å². The van der Waals surface area contributed by atoms with Crippen molar-refractivity contribution in [2.75, 3.05) is 7.11 Å². The van der Waals surface area contributed by atoms with Crippen LogP contribution < -0.4 is 4.74 Å². The first-order valence-corrected chi connectivity index (χ1v) is 3.78. The molecule has 0 saturated carbocycles. The van der Waals surface area contributed by atoms with E-state index in [1.54, 1.807) is 19.4 Å². The Bertz CT molecular complexity index is 295. The molecule has 0 fully saturated rings. The van der Waals surface area contributed by atoms with Crippen LogP contribution in [0.15, 0.2) is 17.1 Å². The normalized spacial score (nSPS) is 10.6. The van der Waals surface area contributed by atoms with Crippen LogP contribution in [0.5, 0.6) is 5.88 Å². The van der Waals surface area contributed by atoms with E-state index in [-0.39, 0.29) is 0 Å². The van der Waals surface area contributed by atoms with Crippen LogP contribution in [0.4, 0.5) is 5.69 Å². The Balaban J connectivity index is 3.03. The lowest BCUT2D eigenvalue weighted by Gasteiger charge is -2.01. The maximum Gasteiger partial charge on any atom is 0.213 e. The molecule has 0 N–H and O–H groups in total. The predicted molar refractivity (Wildman–Crippen MR) is 49.4 cm³/mol. The first kappa shape index (κ1) is 8.71. The zero-order valence-corrected chi connectivity index (χ0v) is 7.53. The van der Waals surface area contributed by atoms with E-state index >= 15 is 0 Å². The third kappa shape index (κ3) is 1.81. The molecule has 1 aromatic heterocycles. The summed E-state index contributed by atoms with van der Waals surface area (Å²) >= 11 is 0. The van der Waals surface area contributed by atoms with Gasteiger partial charge in [0.15, 0.2) is 0 Å². The Morgan fingerprint density at radius 3 is 2.75 bits per heavy atom. The summed E-state index contributed by atoms with van der Waals surface area (Å²) in [5.41, 5.74) is 1.77. The maximum atomic E-state index is 4.97. The van der Waals surface area contributed by atoms with Crippen molar-refractivity contribution < 1.29 is 4.74 Å². The molecule has 0 amide bonds. The smallest absolute Gasteiger partial charge is 0.213 e. The van der Waals surface area contributed by atoms with Crippen LogP contribution in [-0.2, 0) is 0 Å². The number of aliphatic imine (C=N–C) groups is 1. The van der Waals surface area contributed by atoms with Gasteiger partial charge in [-0.1, -0.05) is 0 Å². The summed E-state index contributed by atoms with van der Waals surface area (Å²) < 4.78 is 4.97. The number of hydrogen-bond donors (Lipinski definition) is 0. The van der Waals surface area contributed by atoms with Crippen molar-refractivity contribution in [3.8, 4) is 5.88 Å². The highest BCUT2D eigenvalue weighted by atomic mass is 16.5. The van der Waals surface area contributed by atoms with Crippen molar-refractivity contribution in [1.29, 1.82) is 0 Å². The molecule has 0 aromatic carbocycles. The number of pyridine rings is 1. The highest BCUT2D eigenvalue weighted by molar-refractivity contribution is 5.61. The first-order chi connectivity index (χ1) is 5.77. The largest absolute Gasteiger partial charge is 0.481 e. The van der Waals surface area contributed by atoms with Crippen molar-refractivity contribution >= 4 is 11.9 Å². The van der Waals surface area contributed by atoms with E-state index in [4.69, 9.17) is 4.74 Å². The molecule has 0 aliphatic rings. The average Bonchev–Trinajstić information content (AvgIpc) is 2.09. The molecule has 3 nitrogen and oxygen atoms in total. The number of hydrogen-bond acceptors (Lipinski definition) is 3. The molecular weight excluding hydrogens is 152 g/mol. The summed E-state index contributed by atoms with van der Waals surface area (Å²) in [7, 11) is 1.60. The predicted octanol–water partition coefficient (Wildman–Crippen LogP) is 2.12. The molecule has 0 spiro atoms. The van der Waals surface area contributed by atoms with E-state index in [1.165, 1.54) is 0 Å². The van der Waals surface area contributed by atoms with Crippen LogP contribution in [0.1, 0.15) is 12.6 Å². The number of methoxy groups -OCH3 is 1. The fraction of sp³-hybridized carbons (Fsp3) is 0.333. The number of nitrogens with zero attached hydrogens (tertiary/aromatic N) is 2. The monoisotopic (exact) mass is 164 g/mol. The third-order valence-electron chi connectivity index (χ3n) is 1.51. The fourth-order valence-electron chi connectivity index (χ4n) is 0.920. The van der Waals surface area contributed by atoms with Crippen molar-refractivity contribution in [1.82, 2.24) is 4.98 Å². The zero-order valence-electron chi connectivity index (χ0n) is 7.53. The minimum Gasteiger partial charge on any atom is -0.481 e. The highest BCUT2D eigenvalue weighted by Gasteiger charge is 1.98. The van der Waals surface area contributed by atoms with E-state index in [1.807, 2.05) is 19.9 Å². The summed E-state index contributed by atoms with van der Waals surface area (Å²) in [5.74, 6) is 0.627. The number of ether oxygens (including phenoxy) is 1. The third-order valence-corrected chi connectivity index (χ3v) is 1.51. The number of aromatic nitrogens is 1. The molecule has 0 unspecified atom stereocenters. The molecule has 0 radical (unpaired) electrons. The second-order valence-corrected chi connectivity index (χ2v) is 2.35. The lowest BCUT2D eigenvalue weighted by atomic mass is 10.3. The van der Waals surface area contributed by atoms with E-state index in [0.29, 0.717) is 5.88 Å². The molecule has 0 bridgehead atoms. The molecule has 1 rings (SSSR count). The van der Waals surface area contributed by atoms with Gasteiger partial charge in [0.05, 0.1) is 18.5 Å². The topological polar surface area (TPSA) is 34.5 Å². The Kier molecular flexibility index (Phi) is 2.80. The molecule has 0 aliphatic carbocycles. The number of aryl methyl sites for hydroxylation is 1.